The van der Waals surface area contributed by atoms with Gasteiger partial charge in [0, 0.05) is 12.1 Å². The summed E-state index contributed by atoms with van der Waals surface area (Å²) < 4.78 is 0. The smallest absolute Gasteiger partial charge is 0.0595 e. The van der Waals surface area contributed by atoms with Crippen LogP contribution in [0.1, 0.15) is 48.2 Å². The van der Waals surface area contributed by atoms with Crippen LogP contribution >= 0.6 is 23.2 Å². The van der Waals surface area contributed by atoms with Crippen LogP contribution in [0.15, 0.2) is 36.4 Å². The van der Waals surface area contributed by atoms with Gasteiger partial charge < -0.3 is 5.32 Å². The molecule has 3 heteroatoms. The van der Waals surface area contributed by atoms with E-state index in [1.165, 1.54) is 16.7 Å². The van der Waals surface area contributed by atoms with Crippen LogP contribution in [-0.4, -0.2) is 0 Å². The van der Waals surface area contributed by atoms with Crippen molar-refractivity contribution >= 4 is 23.2 Å². The summed E-state index contributed by atoms with van der Waals surface area (Å²) in [5, 5.41) is 4.81. The normalized spacial score (nSPS) is 14.0. The van der Waals surface area contributed by atoms with Gasteiger partial charge in [-0.25, -0.2) is 0 Å². The highest BCUT2D eigenvalue weighted by Gasteiger charge is 2.13. The van der Waals surface area contributed by atoms with Gasteiger partial charge in [-0.3, -0.25) is 0 Å². The van der Waals surface area contributed by atoms with Crippen molar-refractivity contribution in [2.45, 2.75) is 39.8 Å². The first-order chi connectivity index (χ1) is 9.88. The predicted octanol–water partition coefficient (Wildman–Crippen LogP) is 6.02. The Labute approximate surface area is 137 Å². The Morgan fingerprint density at radius 3 is 2.19 bits per heavy atom. The molecule has 0 fully saturated rings. The van der Waals surface area contributed by atoms with E-state index in [4.69, 9.17) is 23.2 Å². The molecule has 0 aromatic heterocycles. The van der Waals surface area contributed by atoms with Gasteiger partial charge >= 0.3 is 0 Å². The number of halogens is 2. The van der Waals surface area contributed by atoms with Crippen molar-refractivity contribution in [3.05, 3.63) is 68.7 Å². The summed E-state index contributed by atoms with van der Waals surface area (Å²) in [5.41, 5.74) is 5.07. The van der Waals surface area contributed by atoms with Crippen LogP contribution in [-0.2, 0) is 0 Å². The Hall–Kier alpha value is -1.02. The molecule has 2 aromatic rings. The SMILES string of the molecule is Cc1ccc(C(C)NC(C)c2ccc(Cl)c(Cl)c2)c(C)c1. The van der Waals surface area contributed by atoms with Crippen molar-refractivity contribution in [1.82, 2.24) is 5.32 Å². The van der Waals surface area contributed by atoms with Crippen LogP contribution in [0.5, 0.6) is 0 Å². The van der Waals surface area contributed by atoms with Crippen molar-refractivity contribution in [1.29, 1.82) is 0 Å². The molecule has 0 saturated carbocycles. The first-order valence-corrected chi connectivity index (χ1v) is 7.92. The molecule has 0 bridgehead atoms. The van der Waals surface area contributed by atoms with E-state index in [2.05, 4.69) is 51.2 Å². The fraction of sp³-hybridized carbons (Fsp3) is 0.333. The third-order valence-corrected chi connectivity index (χ3v) is 4.57. The summed E-state index contributed by atoms with van der Waals surface area (Å²) in [6, 6.07) is 12.8. The van der Waals surface area contributed by atoms with E-state index in [-0.39, 0.29) is 12.1 Å². The summed E-state index contributed by atoms with van der Waals surface area (Å²) in [5.74, 6) is 0. The number of hydrogen-bond donors (Lipinski definition) is 1. The Bertz CT molecular complexity index is 637. The number of nitrogens with one attached hydrogen (secondary N) is 1. The predicted molar refractivity (Wildman–Crippen MR) is 92.3 cm³/mol. The quantitative estimate of drug-likeness (QED) is 0.725. The number of hydrogen-bond acceptors (Lipinski definition) is 1. The maximum absolute atomic E-state index is 6.09. The summed E-state index contributed by atoms with van der Waals surface area (Å²) in [6.45, 7) is 8.60. The van der Waals surface area contributed by atoms with Gasteiger partial charge in [0.2, 0.25) is 0 Å². The molecule has 0 saturated heterocycles. The monoisotopic (exact) mass is 321 g/mol. The molecule has 0 aliphatic heterocycles. The average molecular weight is 322 g/mol. The lowest BCUT2D eigenvalue weighted by molar-refractivity contribution is 0.493. The van der Waals surface area contributed by atoms with Gasteiger partial charge in [0.15, 0.2) is 0 Å². The largest absolute Gasteiger partial charge is 0.304 e. The zero-order chi connectivity index (χ0) is 15.6. The van der Waals surface area contributed by atoms with Crippen LogP contribution in [0.4, 0.5) is 0 Å². The second kappa shape index (κ2) is 6.83. The number of rotatable bonds is 4. The van der Waals surface area contributed by atoms with E-state index in [1.807, 2.05) is 18.2 Å². The van der Waals surface area contributed by atoms with Crippen molar-refractivity contribution < 1.29 is 0 Å². The van der Waals surface area contributed by atoms with Gasteiger partial charge in [0.1, 0.15) is 0 Å². The summed E-state index contributed by atoms with van der Waals surface area (Å²) >= 11 is 12.1. The minimum atomic E-state index is 0.204. The molecule has 0 aliphatic rings. The lowest BCUT2D eigenvalue weighted by Gasteiger charge is -2.22. The molecule has 2 atom stereocenters. The molecular weight excluding hydrogens is 301 g/mol. The molecule has 0 amide bonds. The van der Waals surface area contributed by atoms with Crippen molar-refractivity contribution in [2.24, 2.45) is 0 Å². The van der Waals surface area contributed by atoms with Crippen LogP contribution in [0.2, 0.25) is 10.0 Å². The van der Waals surface area contributed by atoms with Gasteiger partial charge in [-0.05, 0) is 56.5 Å². The molecule has 2 unspecified atom stereocenters. The minimum Gasteiger partial charge on any atom is -0.304 e. The van der Waals surface area contributed by atoms with Crippen LogP contribution < -0.4 is 5.32 Å². The number of benzene rings is 2. The first-order valence-electron chi connectivity index (χ1n) is 7.16. The Morgan fingerprint density at radius 1 is 0.857 bits per heavy atom. The van der Waals surface area contributed by atoms with Crippen molar-refractivity contribution in [3.63, 3.8) is 0 Å². The fourth-order valence-corrected chi connectivity index (χ4v) is 2.96. The topological polar surface area (TPSA) is 12.0 Å². The first kappa shape index (κ1) is 16.4. The van der Waals surface area contributed by atoms with Gasteiger partial charge in [0.25, 0.3) is 0 Å². The minimum absolute atomic E-state index is 0.204. The maximum Gasteiger partial charge on any atom is 0.0595 e. The molecule has 2 rings (SSSR count). The summed E-state index contributed by atoms with van der Waals surface area (Å²) in [4.78, 5) is 0. The lowest BCUT2D eigenvalue weighted by atomic mass is 9.99. The van der Waals surface area contributed by atoms with Gasteiger partial charge in [-0.1, -0.05) is 53.0 Å². The van der Waals surface area contributed by atoms with E-state index >= 15 is 0 Å². The van der Waals surface area contributed by atoms with Crippen molar-refractivity contribution in [3.8, 4) is 0 Å². The highest BCUT2D eigenvalue weighted by atomic mass is 35.5. The zero-order valence-corrected chi connectivity index (χ0v) is 14.4. The van der Waals surface area contributed by atoms with Gasteiger partial charge in [-0.2, -0.15) is 0 Å². The zero-order valence-electron chi connectivity index (χ0n) is 12.9. The molecule has 1 N–H and O–H groups in total. The van der Waals surface area contributed by atoms with Gasteiger partial charge in [-0.15, -0.1) is 0 Å². The molecule has 2 aromatic carbocycles. The summed E-state index contributed by atoms with van der Waals surface area (Å²) in [6.07, 6.45) is 0. The van der Waals surface area contributed by atoms with Crippen LogP contribution in [0.25, 0.3) is 0 Å². The third kappa shape index (κ3) is 4.00. The molecule has 1 nitrogen and oxygen atoms in total. The third-order valence-electron chi connectivity index (χ3n) is 3.84. The van der Waals surface area contributed by atoms with Crippen molar-refractivity contribution in [2.75, 3.05) is 0 Å². The highest BCUT2D eigenvalue weighted by Crippen LogP contribution is 2.27. The summed E-state index contributed by atoms with van der Waals surface area (Å²) in [7, 11) is 0. The second-order valence-electron chi connectivity index (χ2n) is 5.64. The molecule has 0 spiro atoms. The molecule has 0 radical (unpaired) electrons. The average Bonchev–Trinajstić information content (AvgIpc) is 2.41. The molecule has 112 valence electrons. The molecule has 0 aliphatic carbocycles. The number of aryl methyl sites for hydroxylation is 2. The van der Waals surface area contributed by atoms with Crippen LogP contribution in [0, 0.1) is 13.8 Å². The standard InChI is InChI=1S/C18H21Cl2N/c1-11-5-7-16(12(2)9-11)14(4)21-13(3)15-6-8-17(19)18(20)10-15/h5-10,13-14,21H,1-4H3. The Balaban J connectivity index is 2.14. The van der Waals surface area contributed by atoms with E-state index < -0.39 is 0 Å². The Morgan fingerprint density at radius 2 is 1.57 bits per heavy atom. The van der Waals surface area contributed by atoms with E-state index in [0.717, 1.165) is 5.56 Å². The van der Waals surface area contributed by atoms with E-state index in [9.17, 15) is 0 Å². The molecule has 21 heavy (non-hydrogen) atoms. The maximum atomic E-state index is 6.09. The van der Waals surface area contributed by atoms with Gasteiger partial charge in [0.05, 0.1) is 10.0 Å². The second-order valence-corrected chi connectivity index (χ2v) is 6.46. The van der Waals surface area contributed by atoms with E-state index in [1.54, 1.807) is 0 Å². The van der Waals surface area contributed by atoms with Crippen LogP contribution in [0.3, 0.4) is 0 Å². The lowest BCUT2D eigenvalue weighted by Crippen LogP contribution is -2.23. The molecular formula is C18H21Cl2N. The Kier molecular flexibility index (Phi) is 5.32. The molecule has 0 heterocycles. The fourth-order valence-electron chi connectivity index (χ4n) is 2.65. The van der Waals surface area contributed by atoms with E-state index in [0.29, 0.717) is 10.0 Å². The highest BCUT2D eigenvalue weighted by molar-refractivity contribution is 6.42.